The van der Waals surface area contributed by atoms with Crippen LogP contribution in [0.1, 0.15) is 32.0 Å². The molecule has 1 N–H and O–H groups in total. The summed E-state index contributed by atoms with van der Waals surface area (Å²) in [5, 5.41) is 9.35. The smallest absolute Gasteiger partial charge is 0.0727 e. The summed E-state index contributed by atoms with van der Waals surface area (Å²) in [6, 6.07) is 3.34. The lowest BCUT2D eigenvalue weighted by atomic mass is 9.89. The van der Waals surface area contributed by atoms with Crippen molar-refractivity contribution < 1.29 is 0 Å². The first-order chi connectivity index (χ1) is 9.68. The molecule has 6 heteroatoms. The Morgan fingerprint density at radius 1 is 1.14 bits per heavy atom. The van der Waals surface area contributed by atoms with Gasteiger partial charge < -0.3 is 5.32 Å². The molecule has 0 fully saturated rings. The third-order valence-electron chi connectivity index (χ3n) is 3.08. The second-order valence-electron chi connectivity index (χ2n) is 6.02. The van der Waals surface area contributed by atoms with Crippen molar-refractivity contribution in [1.82, 2.24) is 9.78 Å². The summed E-state index contributed by atoms with van der Waals surface area (Å²) in [6.45, 7) is 7.02. The van der Waals surface area contributed by atoms with Gasteiger partial charge in [0.15, 0.2) is 0 Å². The molecule has 2 rings (SSSR count). The molecule has 114 valence electrons. The molecule has 1 aromatic heterocycles. The normalized spacial score (nSPS) is 11.8. The number of benzene rings is 1. The number of rotatable bonds is 3. The van der Waals surface area contributed by atoms with Gasteiger partial charge in [-0.15, -0.1) is 0 Å². The fraction of sp³-hybridized carbons (Fsp3) is 0.400. The predicted molar refractivity (Wildman–Crippen MR) is 90.7 cm³/mol. The quantitative estimate of drug-likeness (QED) is 0.818. The summed E-state index contributed by atoms with van der Waals surface area (Å²) in [5.41, 5.74) is 2.84. The van der Waals surface area contributed by atoms with E-state index in [1.165, 1.54) is 0 Å². The minimum atomic E-state index is -0.0220. The summed E-state index contributed by atoms with van der Waals surface area (Å²) >= 11 is 18.3. The van der Waals surface area contributed by atoms with Crippen LogP contribution < -0.4 is 5.32 Å². The summed E-state index contributed by atoms with van der Waals surface area (Å²) in [5.74, 6) is 0. The third-order valence-corrected chi connectivity index (χ3v) is 3.89. The minimum Gasteiger partial charge on any atom is -0.378 e. The van der Waals surface area contributed by atoms with Gasteiger partial charge in [-0.1, -0.05) is 55.6 Å². The van der Waals surface area contributed by atoms with Crippen LogP contribution in [0.5, 0.6) is 0 Å². The highest BCUT2D eigenvalue weighted by Crippen LogP contribution is 2.34. The molecule has 21 heavy (non-hydrogen) atoms. The van der Waals surface area contributed by atoms with Crippen LogP contribution in [0, 0.1) is 0 Å². The number of halogens is 3. The van der Waals surface area contributed by atoms with Crippen LogP contribution in [0.3, 0.4) is 0 Å². The zero-order valence-electron chi connectivity index (χ0n) is 12.5. The average Bonchev–Trinajstić information content (AvgIpc) is 2.69. The zero-order chi connectivity index (χ0) is 15.8. The molecule has 1 heterocycles. The van der Waals surface area contributed by atoms with Gasteiger partial charge in [-0.05, 0) is 12.1 Å². The molecule has 0 aliphatic rings. The Hall–Kier alpha value is -0.900. The molecule has 0 saturated carbocycles. The molecule has 0 radical (unpaired) electrons. The molecule has 0 aliphatic carbocycles. The molecule has 1 aromatic carbocycles. The molecule has 2 aromatic rings. The molecule has 0 atom stereocenters. The van der Waals surface area contributed by atoms with Gasteiger partial charge in [0.2, 0.25) is 0 Å². The Labute approximate surface area is 140 Å². The lowest BCUT2D eigenvalue weighted by Crippen LogP contribution is -2.16. The highest BCUT2D eigenvalue weighted by atomic mass is 35.5. The van der Waals surface area contributed by atoms with Crippen LogP contribution >= 0.6 is 34.8 Å². The Kier molecular flexibility index (Phi) is 4.76. The van der Waals surface area contributed by atoms with Crippen molar-refractivity contribution in [2.24, 2.45) is 7.05 Å². The van der Waals surface area contributed by atoms with Crippen LogP contribution in [0.4, 0.5) is 5.69 Å². The summed E-state index contributed by atoms with van der Waals surface area (Å²) in [4.78, 5) is 0. The van der Waals surface area contributed by atoms with Gasteiger partial charge in [0, 0.05) is 35.8 Å². The van der Waals surface area contributed by atoms with Crippen molar-refractivity contribution in [2.75, 3.05) is 5.32 Å². The number of nitrogens with one attached hydrogen (secondary N) is 1. The Bertz CT molecular complexity index is 634. The van der Waals surface area contributed by atoms with Crippen LogP contribution in [0.2, 0.25) is 15.1 Å². The van der Waals surface area contributed by atoms with Crippen molar-refractivity contribution >= 4 is 40.5 Å². The first-order valence-corrected chi connectivity index (χ1v) is 7.73. The summed E-state index contributed by atoms with van der Waals surface area (Å²) in [7, 11) is 1.92. The van der Waals surface area contributed by atoms with E-state index in [4.69, 9.17) is 34.8 Å². The van der Waals surface area contributed by atoms with E-state index in [1.54, 1.807) is 12.1 Å². The lowest BCUT2D eigenvalue weighted by Gasteiger charge is -2.18. The average molecular weight is 347 g/mol. The third kappa shape index (κ3) is 3.85. The van der Waals surface area contributed by atoms with E-state index in [0.717, 1.165) is 11.3 Å². The first kappa shape index (κ1) is 16.5. The van der Waals surface area contributed by atoms with Crippen LogP contribution in [-0.4, -0.2) is 9.78 Å². The fourth-order valence-electron chi connectivity index (χ4n) is 2.19. The van der Waals surface area contributed by atoms with Crippen molar-refractivity contribution in [1.29, 1.82) is 0 Å². The second kappa shape index (κ2) is 6.07. The number of anilines is 1. The monoisotopic (exact) mass is 345 g/mol. The number of nitrogens with zero attached hydrogens (tertiary/aromatic N) is 2. The van der Waals surface area contributed by atoms with Crippen molar-refractivity contribution in [3.8, 4) is 0 Å². The molecule has 0 saturated heterocycles. The highest BCUT2D eigenvalue weighted by Gasteiger charge is 2.22. The summed E-state index contributed by atoms with van der Waals surface area (Å²) < 4.78 is 1.82. The van der Waals surface area contributed by atoms with E-state index in [2.05, 4.69) is 31.2 Å². The molecular weight excluding hydrogens is 329 g/mol. The Morgan fingerprint density at radius 3 is 2.24 bits per heavy atom. The van der Waals surface area contributed by atoms with E-state index in [0.29, 0.717) is 27.3 Å². The van der Waals surface area contributed by atoms with E-state index < -0.39 is 0 Å². The molecule has 0 unspecified atom stereocenters. The topological polar surface area (TPSA) is 29.9 Å². The molecular formula is C15H18Cl3N3. The largest absolute Gasteiger partial charge is 0.378 e. The number of aromatic nitrogens is 2. The zero-order valence-corrected chi connectivity index (χ0v) is 14.7. The van der Waals surface area contributed by atoms with Crippen LogP contribution in [-0.2, 0) is 19.0 Å². The van der Waals surface area contributed by atoms with Gasteiger partial charge >= 0.3 is 0 Å². The van der Waals surface area contributed by atoms with E-state index in [9.17, 15) is 0 Å². The maximum atomic E-state index is 6.18. The number of hydrogen-bond acceptors (Lipinski definition) is 2. The molecule has 0 spiro atoms. The van der Waals surface area contributed by atoms with E-state index in [-0.39, 0.29) is 5.41 Å². The molecule has 0 bridgehead atoms. The van der Waals surface area contributed by atoms with Gasteiger partial charge in [-0.2, -0.15) is 5.10 Å². The maximum Gasteiger partial charge on any atom is 0.0727 e. The standard InChI is InChI=1S/C15H18Cl3N3/c1-15(2,3)14-9(8-21(4)20-14)7-19-13-11(17)5-10(16)6-12(13)18/h5-6,8,19H,7H2,1-4H3. The van der Waals surface area contributed by atoms with Gasteiger partial charge in [-0.3, -0.25) is 4.68 Å². The lowest BCUT2D eigenvalue weighted by molar-refractivity contribution is 0.549. The Morgan fingerprint density at radius 2 is 1.71 bits per heavy atom. The highest BCUT2D eigenvalue weighted by molar-refractivity contribution is 6.41. The van der Waals surface area contributed by atoms with Gasteiger partial charge in [0.25, 0.3) is 0 Å². The van der Waals surface area contributed by atoms with Crippen molar-refractivity contribution in [2.45, 2.75) is 32.7 Å². The molecule has 3 nitrogen and oxygen atoms in total. The van der Waals surface area contributed by atoms with Gasteiger partial charge in [0.1, 0.15) is 0 Å². The maximum absolute atomic E-state index is 6.18. The molecule has 0 aliphatic heterocycles. The number of aryl methyl sites for hydroxylation is 1. The molecule has 0 amide bonds. The minimum absolute atomic E-state index is 0.0220. The second-order valence-corrected chi connectivity index (χ2v) is 7.28. The van der Waals surface area contributed by atoms with Crippen LogP contribution in [0.15, 0.2) is 18.3 Å². The van der Waals surface area contributed by atoms with Gasteiger partial charge in [0.05, 0.1) is 21.4 Å². The fourth-order valence-corrected chi connectivity index (χ4v) is 3.14. The van der Waals surface area contributed by atoms with Gasteiger partial charge in [-0.25, -0.2) is 0 Å². The van der Waals surface area contributed by atoms with Crippen LogP contribution in [0.25, 0.3) is 0 Å². The van der Waals surface area contributed by atoms with E-state index in [1.807, 2.05) is 17.9 Å². The predicted octanol–water partition coefficient (Wildman–Crippen LogP) is 5.29. The number of hydrogen-bond donors (Lipinski definition) is 1. The van der Waals surface area contributed by atoms with Crippen molar-refractivity contribution in [3.05, 3.63) is 44.7 Å². The first-order valence-electron chi connectivity index (χ1n) is 6.60. The van der Waals surface area contributed by atoms with E-state index >= 15 is 0 Å². The SMILES string of the molecule is Cn1cc(CNc2c(Cl)cc(Cl)cc2Cl)c(C(C)(C)C)n1. The summed E-state index contributed by atoms with van der Waals surface area (Å²) in [6.07, 6.45) is 2.01. The Balaban J connectivity index is 2.25. The van der Waals surface area contributed by atoms with Crippen molar-refractivity contribution in [3.63, 3.8) is 0 Å².